The van der Waals surface area contributed by atoms with Crippen molar-refractivity contribution in [1.82, 2.24) is 4.72 Å². The number of rotatable bonds is 7. The number of sulfonamides is 1. The second-order valence-corrected chi connectivity index (χ2v) is 7.27. The van der Waals surface area contributed by atoms with E-state index in [9.17, 15) is 13.2 Å². The summed E-state index contributed by atoms with van der Waals surface area (Å²) in [6.07, 6.45) is 0.767. The summed E-state index contributed by atoms with van der Waals surface area (Å²) in [5.41, 5.74) is 2.45. The zero-order chi connectivity index (χ0) is 18.4. The number of aryl methyl sites for hydroxylation is 2. The normalized spacial score (nSPS) is 11.2. The van der Waals surface area contributed by atoms with Crippen molar-refractivity contribution in [3.05, 3.63) is 53.6 Å². The van der Waals surface area contributed by atoms with E-state index in [1.54, 1.807) is 25.1 Å². The molecule has 0 spiro atoms. The number of hydrogen-bond acceptors (Lipinski definition) is 4. The zero-order valence-corrected chi connectivity index (χ0v) is 15.3. The first-order chi connectivity index (χ1) is 11.9. The fourth-order valence-corrected chi connectivity index (χ4v) is 3.61. The number of ether oxygens (including phenoxy) is 1. The molecule has 0 aromatic heterocycles. The minimum Gasteiger partial charge on any atom is -0.495 e. The average molecular weight is 362 g/mol. The van der Waals surface area contributed by atoms with E-state index in [-0.39, 0.29) is 17.2 Å². The maximum Gasteiger partial charge on any atom is 0.244 e. The molecule has 0 fully saturated rings. The van der Waals surface area contributed by atoms with Crippen LogP contribution >= 0.6 is 0 Å². The molecule has 0 atom stereocenters. The van der Waals surface area contributed by atoms with E-state index in [0.29, 0.717) is 5.69 Å². The predicted octanol–water partition coefficient (Wildman–Crippen LogP) is 2.48. The number of carbonyl (C=O) groups excluding carboxylic acids is 1. The Kier molecular flexibility index (Phi) is 6.17. The summed E-state index contributed by atoms with van der Waals surface area (Å²) in [4.78, 5) is 12.1. The maximum atomic E-state index is 12.5. The van der Waals surface area contributed by atoms with Crippen molar-refractivity contribution in [3.63, 3.8) is 0 Å². The van der Waals surface area contributed by atoms with Crippen LogP contribution in [0.1, 0.15) is 18.1 Å². The molecule has 2 aromatic rings. The van der Waals surface area contributed by atoms with Gasteiger partial charge in [0.15, 0.2) is 0 Å². The number of para-hydroxylation sites is 1. The lowest BCUT2D eigenvalue weighted by molar-refractivity contribution is -0.115. The van der Waals surface area contributed by atoms with Crippen molar-refractivity contribution < 1.29 is 17.9 Å². The molecular formula is C18H22N2O4S. The first-order valence-corrected chi connectivity index (χ1v) is 9.37. The highest BCUT2D eigenvalue weighted by Gasteiger charge is 2.20. The summed E-state index contributed by atoms with van der Waals surface area (Å²) in [5, 5.41) is 2.73. The molecule has 25 heavy (non-hydrogen) atoms. The largest absolute Gasteiger partial charge is 0.495 e. The molecule has 0 saturated carbocycles. The average Bonchev–Trinajstić information content (AvgIpc) is 2.60. The van der Waals surface area contributed by atoms with E-state index in [1.807, 2.05) is 25.1 Å². The van der Waals surface area contributed by atoms with Gasteiger partial charge < -0.3 is 10.1 Å². The van der Waals surface area contributed by atoms with E-state index in [4.69, 9.17) is 4.74 Å². The third-order valence-electron chi connectivity index (χ3n) is 3.70. The van der Waals surface area contributed by atoms with Crippen LogP contribution in [0.4, 0.5) is 5.69 Å². The highest BCUT2D eigenvalue weighted by atomic mass is 32.2. The van der Waals surface area contributed by atoms with Gasteiger partial charge in [0.05, 0.1) is 13.7 Å². The van der Waals surface area contributed by atoms with Gasteiger partial charge >= 0.3 is 0 Å². The minimum absolute atomic E-state index is 0.0109. The highest BCUT2D eigenvalue weighted by molar-refractivity contribution is 7.89. The topological polar surface area (TPSA) is 84.5 Å². The first-order valence-electron chi connectivity index (χ1n) is 7.89. The summed E-state index contributed by atoms with van der Waals surface area (Å²) in [6.45, 7) is 3.40. The highest BCUT2D eigenvalue weighted by Crippen LogP contribution is 2.24. The fraction of sp³-hybridized carbons (Fsp3) is 0.278. The van der Waals surface area contributed by atoms with Crippen LogP contribution in [0.15, 0.2) is 47.4 Å². The molecule has 0 saturated heterocycles. The zero-order valence-electron chi connectivity index (χ0n) is 14.5. The summed E-state index contributed by atoms with van der Waals surface area (Å²) in [6, 6.07) is 12.3. The molecule has 1 amide bonds. The van der Waals surface area contributed by atoms with E-state index < -0.39 is 15.9 Å². The Balaban J connectivity index is 2.09. The van der Waals surface area contributed by atoms with Crippen molar-refractivity contribution in [2.75, 3.05) is 19.0 Å². The van der Waals surface area contributed by atoms with Crippen LogP contribution < -0.4 is 14.8 Å². The Labute approximate surface area is 148 Å². The Bertz CT molecular complexity index is 863. The third kappa shape index (κ3) is 4.80. The molecule has 0 bridgehead atoms. The summed E-state index contributed by atoms with van der Waals surface area (Å²) >= 11 is 0. The molecule has 0 aliphatic carbocycles. The molecule has 0 heterocycles. The van der Waals surface area contributed by atoms with E-state index >= 15 is 0 Å². The molecule has 2 N–H and O–H groups in total. The molecule has 2 rings (SSSR count). The molecule has 134 valence electrons. The Hall–Kier alpha value is -2.38. The lowest BCUT2D eigenvalue weighted by atomic mass is 10.1. The van der Waals surface area contributed by atoms with Crippen LogP contribution in [0.3, 0.4) is 0 Å². The molecule has 7 heteroatoms. The van der Waals surface area contributed by atoms with Gasteiger partial charge in [0.25, 0.3) is 0 Å². The Morgan fingerprint density at radius 1 is 1.16 bits per heavy atom. The minimum atomic E-state index is -3.86. The molecular weight excluding hydrogens is 340 g/mol. The number of hydrogen-bond donors (Lipinski definition) is 2. The van der Waals surface area contributed by atoms with Gasteiger partial charge in [-0.3, -0.25) is 4.79 Å². The van der Waals surface area contributed by atoms with Crippen LogP contribution in [0, 0.1) is 6.92 Å². The standard InChI is InChI=1S/C18H22N2O4S/c1-4-14-7-5-6-8-15(14)20-18(21)12-19-25(22,23)17-11-13(2)9-10-16(17)24-3/h5-11,19H,4,12H2,1-3H3,(H,20,21). The van der Waals surface area contributed by atoms with Gasteiger partial charge in [0.2, 0.25) is 15.9 Å². The van der Waals surface area contributed by atoms with Gasteiger partial charge in [-0.25, -0.2) is 13.1 Å². The quantitative estimate of drug-likeness (QED) is 0.792. The summed E-state index contributed by atoms with van der Waals surface area (Å²) in [7, 11) is -2.46. The molecule has 6 nitrogen and oxygen atoms in total. The maximum absolute atomic E-state index is 12.5. The molecule has 0 aliphatic rings. The lowest BCUT2D eigenvalue weighted by Crippen LogP contribution is -2.33. The smallest absolute Gasteiger partial charge is 0.244 e. The number of methoxy groups -OCH3 is 1. The fourth-order valence-electron chi connectivity index (χ4n) is 2.38. The van der Waals surface area contributed by atoms with Crippen LogP contribution in [0.5, 0.6) is 5.75 Å². The van der Waals surface area contributed by atoms with Crippen molar-refractivity contribution in [2.45, 2.75) is 25.2 Å². The van der Waals surface area contributed by atoms with Gasteiger partial charge in [-0.2, -0.15) is 0 Å². The van der Waals surface area contributed by atoms with E-state index in [1.165, 1.54) is 13.2 Å². The number of benzene rings is 2. The molecule has 0 unspecified atom stereocenters. The second kappa shape index (κ2) is 8.13. The van der Waals surface area contributed by atoms with Crippen molar-refractivity contribution in [3.8, 4) is 5.75 Å². The Morgan fingerprint density at radius 2 is 1.88 bits per heavy atom. The molecule has 0 aliphatic heterocycles. The summed E-state index contributed by atoms with van der Waals surface area (Å²) in [5.74, 6) is -0.203. The predicted molar refractivity (Wildman–Crippen MR) is 97.4 cm³/mol. The van der Waals surface area contributed by atoms with Crippen LogP contribution in [0.25, 0.3) is 0 Å². The number of amides is 1. The SMILES string of the molecule is CCc1ccccc1NC(=O)CNS(=O)(=O)c1cc(C)ccc1OC. The van der Waals surface area contributed by atoms with Crippen LogP contribution in [-0.2, 0) is 21.2 Å². The molecule has 2 aromatic carbocycles. The third-order valence-corrected chi connectivity index (χ3v) is 5.13. The van der Waals surface area contributed by atoms with Crippen molar-refractivity contribution in [2.24, 2.45) is 0 Å². The van der Waals surface area contributed by atoms with Gasteiger partial charge in [-0.15, -0.1) is 0 Å². The van der Waals surface area contributed by atoms with Crippen molar-refractivity contribution >= 4 is 21.6 Å². The van der Waals surface area contributed by atoms with Crippen molar-refractivity contribution in [1.29, 1.82) is 0 Å². The number of carbonyl (C=O) groups is 1. The number of anilines is 1. The van der Waals surface area contributed by atoms with Crippen LogP contribution in [0.2, 0.25) is 0 Å². The van der Waals surface area contributed by atoms with Gasteiger partial charge in [0, 0.05) is 5.69 Å². The monoisotopic (exact) mass is 362 g/mol. The summed E-state index contributed by atoms with van der Waals surface area (Å²) < 4.78 is 32.4. The first kappa shape index (κ1) is 19.0. The Morgan fingerprint density at radius 3 is 2.56 bits per heavy atom. The van der Waals surface area contributed by atoms with E-state index in [2.05, 4.69) is 10.0 Å². The van der Waals surface area contributed by atoms with Gasteiger partial charge in [0.1, 0.15) is 10.6 Å². The molecule has 0 radical (unpaired) electrons. The number of nitrogens with one attached hydrogen (secondary N) is 2. The lowest BCUT2D eigenvalue weighted by Gasteiger charge is -2.12. The van der Waals surface area contributed by atoms with Gasteiger partial charge in [-0.05, 0) is 42.7 Å². The van der Waals surface area contributed by atoms with Crippen LogP contribution in [-0.4, -0.2) is 28.0 Å². The van der Waals surface area contributed by atoms with E-state index in [0.717, 1.165) is 17.5 Å². The van der Waals surface area contributed by atoms with Gasteiger partial charge in [-0.1, -0.05) is 31.2 Å². The second-order valence-electron chi connectivity index (χ2n) is 5.54.